The second-order valence-corrected chi connectivity index (χ2v) is 5.44. The van der Waals surface area contributed by atoms with E-state index in [0.29, 0.717) is 12.0 Å². The summed E-state index contributed by atoms with van der Waals surface area (Å²) in [5.41, 5.74) is 6.93. The van der Waals surface area contributed by atoms with Crippen LogP contribution in [-0.4, -0.2) is 0 Å². The normalized spacial score (nSPS) is 12.4. The second-order valence-electron chi connectivity index (χ2n) is 5.06. The Morgan fingerprint density at radius 3 is 2.45 bits per heavy atom. The van der Waals surface area contributed by atoms with Crippen LogP contribution >= 0.6 is 11.6 Å². The van der Waals surface area contributed by atoms with Crippen molar-refractivity contribution in [1.29, 1.82) is 0 Å². The maximum absolute atomic E-state index is 13.5. The highest BCUT2D eigenvalue weighted by molar-refractivity contribution is 6.31. The third-order valence-electron chi connectivity index (χ3n) is 3.28. The van der Waals surface area contributed by atoms with Crippen LogP contribution in [0.2, 0.25) is 5.02 Å². The Labute approximate surface area is 123 Å². The van der Waals surface area contributed by atoms with Crippen molar-refractivity contribution >= 4 is 11.6 Å². The number of hydrogen-bond donors (Lipinski definition) is 2. The first-order valence-electron chi connectivity index (χ1n) is 6.48. The highest BCUT2D eigenvalue weighted by atomic mass is 35.5. The Kier molecular flexibility index (Phi) is 4.76. The molecule has 2 aromatic carbocycles. The second kappa shape index (κ2) is 6.35. The molecule has 2 aromatic rings. The van der Waals surface area contributed by atoms with Crippen LogP contribution in [0.25, 0.3) is 0 Å². The van der Waals surface area contributed by atoms with Crippen LogP contribution in [-0.2, 0) is 6.42 Å². The molecule has 2 nitrogen and oxygen atoms in total. The predicted molar refractivity (Wildman–Crippen MR) is 81.1 cm³/mol. The number of nitrogens with two attached hydrogens (primary N) is 1. The number of halogens is 2. The van der Waals surface area contributed by atoms with Gasteiger partial charge in [-0.05, 0) is 37.5 Å². The van der Waals surface area contributed by atoms with Gasteiger partial charge in [0.1, 0.15) is 5.82 Å². The van der Waals surface area contributed by atoms with E-state index in [2.05, 4.69) is 37.5 Å². The molecule has 0 aliphatic carbocycles. The minimum Gasteiger partial charge on any atom is -0.271 e. The summed E-state index contributed by atoms with van der Waals surface area (Å²) in [7, 11) is 0. The smallest absolute Gasteiger partial charge is 0.142 e. The van der Waals surface area contributed by atoms with Gasteiger partial charge in [0.15, 0.2) is 0 Å². The monoisotopic (exact) mass is 292 g/mol. The fourth-order valence-corrected chi connectivity index (χ4v) is 2.73. The predicted octanol–water partition coefficient (Wildman–Crippen LogP) is 3.84. The van der Waals surface area contributed by atoms with Gasteiger partial charge in [0.2, 0.25) is 0 Å². The molecule has 0 saturated heterocycles. The molecule has 0 radical (unpaired) electrons. The first kappa shape index (κ1) is 15.0. The standard InChI is InChI=1S/C16H18ClFN2/c1-10-6-11(2)8-12(7-10)9-15(20-19)13-4-3-5-14(18)16(13)17/h3-8,15,20H,9,19H2,1-2H3. The zero-order chi connectivity index (χ0) is 14.7. The quantitative estimate of drug-likeness (QED) is 0.664. The van der Waals surface area contributed by atoms with E-state index in [9.17, 15) is 4.39 Å². The van der Waals surface area contributed by atoms with Crippen molar-refractivity contribution in [1.82, 2.24) is 5.43 Å². The summed E-state index contributed by atoms with van der Waals surface area (Å²) in [6.07, 6.45) is 0.655. The molecule has 2 rings (SSSR count). The molecule has 106 valence electrons. The minimum absolute atomic E-state index is 0.125. The van der Waals surface area contributed by atoms with Crippen LogP contribution in [0.1, 0.15) is 28.3 Å². The van der Waals surface area contributed by atoms with Gasteiger partial charge < -0.3 is 0 Å². The molecule has 0 heterocycles. The van der Waals surface area contributed by atoms with Gasteiger partial charge in [-0.3, -0.25) is 11.3 Å². The molecule has 0 aromatic heterocycles. The Hall–Kier alpha value is -1.42. The first-order valence-corrected chi connectivity index (χ1v) is 6.86. The van der Waals surface area contributed by atoms with Crippen molar-refractivity contribution in [3.05, 3.63) is 69.5 Å². The zero-order valence-corrected chi connectivity index (χ0v) is 12.3. The molecule has 1 atom stereocenters. The Morgan fingerprint density at radius 2 is 1.85 bits per heavy atom. The van der Waals surface area contributed by atoms with E-state index in [1.54, 1.807) is 12.1 Å². The van der Waals surface area contributed by atoms with Crippen LogP contribution in [0.15, 0.2) is 36.4 Å². The molecule has 0 amide bonds. The van der Waals surface area contributed by atoms with Gasteiger partial charge in [-0.25, -0.2) is 4.39 Å². The lowest BCUT2D eigenvalue weighted by molar-refractivity contribution is 0.544. The maximum Gasteiger partial charge on any atom is 0.142 e. The summed E-state index contributed by atoms with van der Waals surface area (Å²) in [5, 5.41) is 0.125. The van der Waals surface area contributed by atoms with Crippen LogP contribution in [0, 0.1) is 19.7 Å². The summed E-state index contributed by atoms with van der Waals surface area (Å²) in [6, 6.07) is 10.9. The molecule has 3 N–H and O–H groups in total. The number of aryl methyl sites for hydroxylation is 2. The van der Waals surface area contributed by atoms with Gasteiger partial charge in [-0.1, -0.05) is 53.1 Å². The van der Waals surface area contributed by atoms with Gasteiger partial charge in [0, 0.05) is 0 Å². The Balaban J connectivity index is 2.31. The summed E-state index contributed by atoms with van der Waals surface area (Å²) >= 11 is 6.02. The summed E-state index contributed by atoms with van der Waals surface area (Å²) in [4.78, 5) is 0. The number of benzene rings is 2. The molecule has 0 saturated carbocycles. The van der Waals surface area contributed by atoms with E-state index in [-0.39, 0.29) is 11.1 Å². The number of hydrogen-bond acceptors (Lipinski definition) is 2. The van der Waals surface area contributed by atoms with Gasteiger partial charge in [-0.2, -0.15) is 0 Å². The van der Waals surface area contributed by atoms with Gasteiger partial charge in [-0.15, -0.1) is 0 Å². The molecular formula is C16H18ClFN2. The number of hydrazine groups is 1. The van der Waals surface area contributed by atoms with E-state index in [1.165, 1.54) is 17.2 Å². The van der Waals surface area contributed by atoms with Crippen molar-refractivity contribution in [3.8, 4) is 0 Å². The third-order valence-corrected chi connectivity index (χ3v) is 3.68. The summed E-state index contributed by atoms with van der Waals surface area (Å²) in [5.74, 6) is 5.19. The van der Waals surface area contributed by atoms with Crippen molar-refractivity contribution < 1.29 is 4.39 Å². The summed E-state index contributed by atoms with van der Waals surface area (Å²) < 4.78 is 13.5. The van der Waals surface area contributed by atoms with Crippen molar-refractivity contribution in [2.45, 2.75) is 26.3 Å². The Morgan fingerprint density at radius 1 is 1.20 bits per heavy atom. The minimum atomic E-state index is -0.426. The van der Waals surface area contributed by atoms with Gasteiger partial charge in [0.05, 0.1) is 11.1 Å². The van der Waals surface area contributed by atoms with E-state index in [1.807, 2.05) is 0 Å². The van der Waals surface area contributed by atoms with E-state index >= 15 is 0 Å². The molecular weight excluding hydrogens is 275 g/mol. The SMILES string of the molecule is Cc1cc(C)cc(CC(NN)c2cccc(F)c2Cl)c1. The van der Waals surface area contributed by atoms with E-state index < -0.39 is 5.82 Å². The third kappa shape index (κ3) is 3.37. The number of rotatable bonds is 4. The lowest BCUT2D eigenvalue weighted by Crippen LogP contribution is -2.30. The molecule has 1 unspecified atom stereocenters. The first-order chi connectivity index (χ1) is 9.51. The van der Waals surface area contributed by atoms with Crippen LogP contribution in [0.3, 0.4) is 0 Å². The molecule has 4 heteroatoms. The lowest BCUT2D eigenvalue weighted by atomic mass is 9.97. The van der Waals surface area contributed by atoms with Crippen molar-refractivity contribution in [3.63, 3.8) is 0 Å². The molecule has 0 aliphatic heterocycles. The van der Waals surface area contributed by atoms with E-state index in [4.69, 9.17) is 17.4 Å². The Bertz CT molecular complexity index is 593. The number of nitrogens with one attached hydrogen (secondary N) is 1. The van der Waals surface area contributed by atoms with Crippen LogP contribution < -0.4 is 11.3 Å². The maximum atomic E-state index is 13.5. The fraction of sp³-hybridized carbons (Fsp3) is 0.250. The zero-order valence-electron chi connectivity index (χ0n) is 11.6. The topological polar surface area (TPSA) is 38.0 Å². The highest BCUT2D eigenvalue weighted by Gasteiger charge is 2.16. The van der Waals surface area contributed by atoms with Gasteiger partial charge >= 0.3 is 0 Å². The molecule has 0 bridgehead atoms. The van der Waals surface area contributed by atoms with Crippen LogP contribution in [0.4, 0.5) is 4.39 Å². The fourth-order valence-electron chi connectivity index (χ4n) is 2.47. The van der Waals surface area contributed by atoms with Gasteiger partial charge in [0.25, 0.3) is 0 Å². The molecule has 0 aliphatic rings. The van der Waals surface area contributed by atoms with Crippen LogP contribution in [0.5, 0.6) is 0 Å². The largest absolute Gasteiger partial charge is 0.271 e. The molecule has 0 spiro atoms. The average Bonchev–Trinajstić information content (AvgIpc) is 2.38. The highest BCUT2D eigenvalue weighted by Crippen LogP contribution is 2.28. The van der Waals surface area contributed by atoms with E-state index in [0.717, 1.165) is 5.56 Å². The van der Waals surface area contributed by atoms with Crippen molar-refractivity contribution in [2.24, 2.45) is 5.84 Å². The molecule has 0 fully saturated rings. The summed E-state index contributed by atoms with van der Waals surface area (Å²) in [6.45, 7) is 4.10. The molecule has 20 heavy (non-hydrogen) atoms. The van der Waals surface area contributed by atoms with Crippen molar-refractivity contribution in [2.75, 3.05) is 0 Å². The lowest BCUT2D eigenvalue weighted by Gasteiger charge is -2.18. The average molecular weight is 293 g/mol.